The standard InChI is InChI=1S/C26H36O8/c27-23-13-29-17-25(33-11-21-7-3-1-4-8-21)18-30-14-24(28)16-32-20-26(19-31-15-23)34-12-22-9-5-2-6-10-22/h1-10,23-28H,11-20H2. The Hall–Kier alpha value is -1.88. The number of aliphatic hydroxyl groups is 2. The van der Waals surface area contributed by atoms with E-state index in [1.165, 1.54) is 0 Å². The van der Waals surface area contributed by atoms with Crippen LogP contribution >= 0.6 is 0 Å². The van der Waals surface area contributed by atoms with Gasteiger partial charge in [0.2, 0.25) is 0 Å². The molecule has 2 aromatic carbocycles. The largest absolute Gasteiger partial charge is 0.388 e. The number of hydrogen-bond acceptors (Lipinski definition) is 8. The van der Waals surface area contributed by atoms with Crippen molar-refractivity contribution in [1.82, 2.24) is 0 Å². The van der Waals surface area contributed by atoms with Gasteiger partial charge in [0.1, 0.15) is 24.4 Å². The predicted molar refractivity (Wildman–Crippen MR) is 125 cm³/mol. The van der Waals surface area contributed by atoms with Gasteiger partial charge in [-0.2, -0.15) is 0 Å². The first kappa shape index (κ1) is 26.7. The molecule has 0 bridgehead atoms. The second-order valence-electron chi connectivity index (χ2n) is 8.29. The third-order valence-electron chi connectivity index (χ3n) is 5.11. The minimum absolute atomic E-state index is 0.111. The van der Waals surface area contributed by atoms with Gasteiger partial charge in [-0.15, -0.1) is 0 Å². The van der Waals surface area contributed by atoms with Crippen molar-refractivity contribution in [2.75, 3.05) is 52.9 Å². The first-order valence-corrected chi connectivity index (χ1v) is 11.7. The second-order valence-corrected chi connectivity index (χ2v) is 8.29. The Morgan fingerprint density at radius 2 is 0.853 bits per heavy atom. The van der Waals surface area contributed by atoms with E-state index in [1.807, 2.05) is 60.7 Å². The summed E-state index contributed by atoms with van der Waals surface area (Å²) in [4.78, 5) is 0. The minimum atomic E-state index is -0.777. The Bertz CT molecular complexity index is 674. The van der Waals surface area contributed by atoms with Gasteiger partial charge in [0.05, 0.1) is 66.1 Å². The lowest BCUT2D eigenvalue weighted by Gasteiger charge is -2.23. The maximum Gasteiger partial charge on any atom is 0.105 e. The van der Waals surface area contributed by atoms with Crippen LogP contribution < -0.4 is 0 Å². The molecule has 0 aromatic heterocycles. The molecule has 3 rings (SSSR count). The molecule has 1 fully saturated rings. The summed E-state index contributed by atoms with van der Waals surface area (Å²) < 4.78 is 34.5. The fourth-order valence-corrected chi connectivity index (χ4v) is 3.30. The monoisotopic (exact) mass is 476 g/mol. The molecular formula is C26H36O8. The van der Waals surface area contributed by atoms with Gasteiger partial charge in [0, 0.05) is 0 Å². The molecule has 1 heterocycles. The average molecular weight is 477 g/mol. The molecule has 1 aliphatic rings. The number of hydrogen-bond donors (Lipinski definition) is 2. The zero-order valence-corrected chi connectivity index (χ0v) is 19.5. The fourth-order valence-electron chi connectivity index (χ4n) is 3.30. The van der Waals surface area contributed by atoms with Crippen LogP contribution in [0.4, 0.5) is 0 Å². The van der Waals surface area contributed by atoms with Crippen LogP contribution in [0, 0.1) is 0 Å². The molecule has 0 saturated carbocycles. The lowest BCUT2D eigenvalue weighted by Crippen LogP contribution is -2.34. The van der Waals surface area contributed by atoms with Crippen molar-refractivity contribution in [3.63, 3.8) is 0 Å². The van der Waals surface area contributed by atoms with Gasteiger partial charge >= 0.3 is 0 Å². The number of benzene rings is 2. The van der Waals surface area contributed by atoms with E-state index in [9.17, 15) is 10.2 Å². The summed E-state index contributed by atoms with van der Waals surface area (Å²) in [5.74, 6) is 0. The van der Waals surface area contributed by atoms with E-state index in [2.05, 4.69) is 0 Å². The lowest BCUT2D eigenvalue weighted by atomic mass is 10.2. The lowest BCUT2D eigenvalue weighted by molar-refractivity contribution is -0.118. The van der Waals surface area contributed by atoms with Crippen LogP contribution in [0.25, 0.3) is 0 Å². The molecule has 0 spiro atoms. The summed E-state index contributed by atoms with van der Waals surface area (Å²) in [7, 11) is 0. The topological polar surface area (TPSA) is 95.8 Å². The first-order chi connectivity index (χ1) is 16.7. The molecule has 2 N–H and O–H groups in total. The highest BCUT2D eigenvalue weighted by Crippen LogP contribution is 2.08. The molecule has 0 radical (unpaired) electrons. The van der Waals surface area contributed by atoms with Crippen molar-refractivity contribution in [3.05, 3.63) is 71.8 Å². The molecule has 188 valence electrons. The van der Waals surface area contributed by atoms with Gasteiger partial charge in [0.15, 0.2) is 0 Å². The number of aliphatic hydroxyl groups excluding tert-OH is 2. The highest BCUT2D eigenvalue weighted by atomic mass is 16.6. The molecule has 1 aliphatic heterocycles. The van der Waals surface area contributed by atoms with Crippen molar-refractivity contribution in [2.45, 2.75) is 37.6 Å². The Kier molecular flexibility index (Phi) is 12.5. The minimum Gasteiger partial charge on any atom is -0.388 e. The van der Waals surface area contributed by atoms with Gasteiger partial charge in [0.25, 0.3) is 0 Å². The van der Waals surface area contributed by atoms with E-state index in [1.54, 1.807) is 0 Å². The quantitative estimate of drug-likeness (QED) is 0.653. The highest BCUT2D eigenvalue weighted by molar-refractivity contribution is 5.14. The Morgan fingerprint density at radius 3 is 1.18 bits per heavy atom. The maximum atomic E-state index is 10.2. The smallest absolute Gasteiger partial charge is 0.105 e. The molecule has 8 heteroatoms. The average Bonchev–Trinajstić information content (AvgIpc) is 2.86. The summed E-state index contributed by atoms with van der Waals surface area (Å²) >= 11 is 0. The number of rotatable bonds is 6. The van der Waals surface area contributed by atoms with E-state index < -0.39 is 12.2 Å². The van der Waals surface area contributed by atoms with Crippen LogP contribution in [0.1, 0.15) is 11.1 Å². The Morgan fingerprint density at radius 1 is 0.529 bits per heavy atom. The molecule has 0 unspecified atom stereocenters. The molecule has 1 saturated heterocycles. The normalized spacial score (nSPS) is 26.2. The predicted octanol–water partition coefficient (Wildman–Crippen LogP) is 1.96. The Balaban J connectivity index is 1.47. The maximum absolute atomic E-state index is 10.2. The van der Waals surface area contributed by atoms with Crippen LogP contribution in [-0.4, -0.2) is 87.5 Å². The van der Waals surface area contributed by atoms with Gasteiger partial charge in [-0.3, -0.25) is 0 Å². The van der Waals surface area contributed by atoms with E-state index in [0.29, 0.717) is 13.2 Å². The van der Waals surface area contributed by atoms with E-state index in [4.69, 9.17) is 28.4 Å². The first-order valence-electron chi connectivity index (χ1n) is 11.7. The van der Waals surface area contributed by atoms with Crippen LogP contribution in [-0.2, 0) is 41.6 Å². The second kappa shape index (κ2) is 15.9. The summed E-state index contributed by atoms with van der Waals surface area (Å²) in [5.41, 5.74) is 2.08. The van der Waals surface area contributed by atoms with E-state index >= 15 is 0 Å². The zero-order chi connectivity index (χ0) is 23.8. The molecule has 0 aliphatic carbocycles. The van der Waals surface area contributed by atoms with E-state index in [-0.39, 0.29) is 65.1 Å². The van der Waals surface area contributed by atoms with Crippen LogP contribution in [0.15, 0.2) is 60.7 Å². The summed E-state index contributed by atoms with van der Waals surface area (Å²) in [5, 5.41) is 20.4. The van der Waals surface area contributed by atoms with Gasteiger partial charge in [-0.1, -0.05) is 60.7 Å². The molecule has 0 amide bonds. The third-order valence-corrected chi connectivity index (χ3v) is 5.11. The third kappa shape index (κ3) is 11.0. The van der Waals surface area contributed by atoms with Crippen LogP contribution in [0.5, 0.6) is 0 Å². The Labute approximate surface area is 201 Å². The summed E-state index contributed by atoms with van der Waals surface area (Å²) in [6.45, 7) is 2.27. The van der Waals surface area contributed by atoms with Crippen LogP contribution in [0.2, 0.25) is 0 Å². The molecule has 34 heavy (non-hydrogen) atoms. The van der Waals surface area contributed by atoms with Crippen molar-refractivity contribution < 1.29 is 38.6 Å². The van der Waals surface area contributed by atoms with Crippen molar-refractivity contribution in [2.24, 2.45) is 0 Å². The number of ether oxygens (including phenoxy) is 6. The van der Waals surface area contributed by atoms with E-state index in [0.717, 1.165) is 11.1 Å². The van der Waals surface area contributed by atoms with Crippen molar-refractivity contribution in [1.29, 1.82) is 0 Å². The molecule has 8 nitrogen and oxygen atoms in total. The highest BCUT2D eigenvalue weighted by Gasteiger charge is 2.17. The van der Waals surface area contributed by atoms with Crippen molar-refractivity contribution in [3.8, 4) is 0 Å². The molecule has 2 aromatic rings. The van der Waals surface area contributed by atoms with Crippen molar-refractivity contribution >= 4 is 0 Å². The summed E-state index contributed by atoms with van der Waals surface area (Å²) in [6.07, 6.45) is -2.24. The van der Waals surface area contributed by atoms with Gasteiger partial charge in [-0.05, 0) is 11.1 Å². The molecular weight excluding hydrogens is 440 g/mol. The fraction of sp³-hybridized carbons (Fsp3) is 0.538. The molecule has 0 atom stereocenters. The summed E-state index contributed by atoms with van der Waals surface area (Å²) in [6, 6.07) is 19.6. The van der Waals surface area contributed by atoms with Gasteiger partial charge < -0.3 is 38.6 Å². The zero-order valence-electron chi connectivity index (χ0n) is 19.5. The SMILES string of the molecule is OC1COCC(OCc2ccccc2)COCC(O)COCC(OCc2ccccc2)COC1. The van der Waals surface area contributed by atoms with Crippen LogP contribution in [0.3, 0.4) is 0 Å². The van der Waals surface area contributed by atoms with Gasteiger partial charge in [-0.25, -0.2) is 0 Å².